The van der Waals surface area contributed by atoms with E-state index >= 15 is 0 Å². The van der Waals surface area contributed by atoms with Crippen LogP contribution in [0.25, 0.3) is 76.9 Å². The third-order valence-corrected chi connectivity index (χ3v) is 7.63. The molecule has 0 radical (unpaired) electrons. The van der Waals surface area contributed by atoms with Crippen LogP contribution in [0.3, 0.4) is 0 Å². The van der Waals surface area contributed by atoms with E-state index in [0.29, 0.717) is 55.2 Å². The highest BCUT2D eigenvalue weighted by molar-refractivity contribution is 6.14. The standard InChI is InChI=1S/C34H18O7/c35-19-3-1-16-11-26-28(12-18(16)10-19)40-29-14-21(37)5-8-24(29)31(26)27-13-22(38)15-30-32(27)33(39)25-6-2-17-9-20(36)4-7-23(17)34(25)41-30/h1-15,35-36,38H. The summed E-state index contributed by atoms with van der Waals surface area (Å²) in [4.78, 5) is 26.5. The van der Waals surface area contributed by atoms with Crippen LogP contribution in [0.2, 0.25) is 0 Å². The maximum absolute atomic E-state index is 14.2. The second kappa shape index (κ2) is 8.09. The van der Waals surface area contributed by atoms with Crippen LogP contribution >= 0.6 is 0 Å². The molecule has 0 spiro atoms. The summed E-state index contributed by atoms with van der Waals surface area (Å²) >= 11 is 0. The van der Waals surface area contributed by atoms with Gasteiger partial charge in [-0.05, 0) is 82.9 Å². The highest BCUT2D eigenvalue weighted by Gasteiger charge is 2.23. The minimum atomic E-state index is -0.292. The fraction of sp³-hybridized carbons (Fsp3) is 0. The van der Waals surface area contributed by atoms with Crippen molar-refractivity contribution in [2.45, 2.75) is 0 Å². The molecule has 6 aromatic rings. The third-order valence-electron chi connectivity index (χ3n) is 7.63. The zero-order chi connectivity index (χ0) is 28.0. The van der Waals surface area contributed by atoms with Crippen LogP contribution in [0.5, 0.6) is 17.2 Å². The molecule has 7 heteroatoms. The molecule has 8 rings (SSSR count). The first-order valence-electron chi connectivity index (χ1n) is 12.8. The molecule has 0 fully saturated rings. The lowest BCUT2D eigenvalue weighted by Crippen LogP contribution is -2.05. The zero-order valence-corrected chi connectivity index (χ0v) is 21.1. The maximum Gasteiger partial charge on any atom is 0.201 e. The number of hydrogen-bond acceptors (Lipinski definition) is 7. The summed E-state index contributed by atoms with van der Waals surface area (Å²) in [6.45, 7) is 0. The Bertz CT molecular complexity index is 2500. The van der Waals surface area contributed by atoms with Crippen LogP contribution in [0.15, 0.2) is 109 Å². The van der Waals surface area contributed by atoms with Crippen molar-refractivity contribution in [1.82, 2.24) is 0 Å². The predicted molar refractivity (Wildman–Crippen MR) is 158 cm³/mol. The van der Waals surface area contributed by atoms with Gasteiger partial charge in [0.2, 0.25) is 5.43 Å². The lowest BCUT2D eigenvalue weighted by atomic mass is 9.90. The van der Waals surface area contributed by atoms with Crippen LogP contribution in [-0.2, 0) is 0 Å². The van der Waals surface area contributed by atoms with Gasteiger partial charge in [-0.2, -0.15) is 0 Å². The minimum absolute atomic E-state index is 0.0946. The van der Waals surface area contributed by atoms with E-state index in [4.69, 9.17) is 8.83 Å². The average Bonchev–Trinajstić information content (AvgIpc) is 2.94. The van der Waals surface area contributed by atoms with Crippen LogP contribution < -0.4 is 10.9 Å². The molecule has 2 heterocycles. The van der Waals surface area contributed by atoms with Gasteiger partial charge in [0.15, 0.2) is 5.43 Å². The van der Waals surface area contributed by atoms with E-state index < -0.39 is 0 Å². The smallest absolute Gasteiger partial charge is 0.201 e. The Morgan fingerprint density at radius 1 is 0.512 bits per heavy atom. The Morgan fingerprint density at radius 2 is 1.27 bits per heavy atom. The monoisotopic (exact) mass is 538 g/mol. The first-order chi connectivity index (χ1) is 19.8. The van der Waals surface area contributed by atoms with Gasteiger partial charge in [-0.25, -0.2) is 0 Å². The Labute approximate surface area is 229 Å². The number of phenols is 3. The molecular formula is C34H18O7. The maximum atomic E-state index is 14.2. The number of benzene rings is 6. The Kier molecular flexibility index (Phi) is 4.56. The largest absolute Gasteiger partial charge is 0.508 e. The normalized spacial score (nSPS) is 11.9. The molecule has 3 N–H and O–H groups in total. The molecule has 1 aliphatic carbocycles. The van der Waals surface area contributed by atoms with Gasteiger partial charge in [0, 0.05) is 39.6 Å². The highest BCUT2D eigenvalue weighted by atomic mass is 16.3. The fourth-order valence-electron chi connectivity index (χ4n) is 5.83. The van der Waals surface area contributed by atoms with Crippen molar-refractivity contribution in [3.05, 3.63) is 111 Å². The van der Waals surface area contributed by atoms with Gasteiger partial charge in [0.25, 0.3) is 0 Å². The Hall–Kier alpha value is -5.82. The lowest BCUT2D eigenvalue weighted by molar-refractivity contribution is 0.474. The molecule has 0 atom stereocenters. The molecule has 0 saturated carbocycles. The van der Waals surface area contributed by atoms with Crippen molar-refractivity contribution in [3.8, 4) is 39.7 Å². The summed E-state index contributed by atoms with van der Waals surface area (Å²) in [6, 6.07) is 24.3. The predicted octanol–water partition coefficient (Wildman–Crippen LogP) is 7.25. The molecule has 196 valence electrons. The lowest BCUT2D eigenvalue weighted by Gasteiger charge is -2.17. The molecule has 1 aromatic heterocycles. The number of phenolic OH excluding ortho intramolecular Hbond substituents is 3. The van der Waals surface area contributed by atoms with E-state index in [2.05, 4.69) is 0 Å². The van der Waals surface area contributed by atoms with Crippen LogP contribution in [-0.4, -0.2) is 15.3 Å². The Balaban J connectivity index is 1.57. The molecule has 0 unspecified atom stereocenters. The van der Waals surface area contributed by atoms with Crippen molar-refractivity contribution in [3.63, 3.8) is 0 Å². The van der Waals surface area contributed by atoms with Crippen LogP contribution in [0.1, 0.15) is 0 Å². The van der Waals surface area contributed by atoms with Gasteiger partial charge in [-0.1, -0.05) is 12.1 Å². The number of rotatable bonds is 1. The fourth-order valence-corrected chi connectivity index (χ4v) is 5.83. The molecule has 0 saturated heterocycles. The van der Waals surface area contributed by atoms with E-state index in [1.54, 1.807) is 54.6 Å². The van der Waals surface area contributed by atoms with E-state index in [1.807, 2.05) is 6.07 Å². The quantitative estimate of drug-likeness (QED) is 0.149. The molecular weight excluding hydrogens is 520 g/mol. The molecule has 7 nitrogen and oxygen atoms in total. The molecule has 0 bridgehead atoms. The number of hydrogen-bond donors (Lipinski definition) is 3. The van der Waals surface area contributed by atoms with Crippen molar-refractivity contribution in [2.24, 2.45) is 0 Å². The molecule has 41 heavy (non-hydrogen) atoms. The summed E-state index contributed by atoms with van der Waals surface area (Å²) in [7, 11) is 0. The van der Waals surface area contributed by atoms with Gasteiger partial charge in [0.1, 0.15) is 39.8 Å². The number of aromatic hydroxyl groups is 3. The van der Waals surface area contributed by atoms with Gasteiger partial charge >= 0.3 is 0 Å². The first kappa shape index (κ1) is 23.1. The van der Waals surface area contributed by atoms with Gasteiger partial charge < -0.3 is 24.2 Å². The molecule has 2 aliphatic rings. The molecule has 0 amide bonds. The van der Waals surface area contributed by atoms with Crippen molar-refractivity contribution >= 4 is 54.5 Å². The molecule has 5 aromatic carbocycles. The van der Waals surface area contributed by atoms with Gasteiger partial charge in [-0.15, -0.1) is 0 Å². The van der Waals surface area contributed by atoms with Crippen LogP contribution in [0, 0.1) is 0 Å². The molecule has 1 aliphatic heterocycles. The van der Waals surface area contributed by atoms with E-state index in [0.717, 1.165) is 10.8 Å². The summed E-state index contributed by atoms with van der Waals surface area (Å²) < 4.78 is 12.5. The summed E-state index contributed by atoms with van der Waals surface area (Å²) in [5, 5.41) is 35.0. The summed E-state index contributed by atoms with van der Waals surface area (Å²) in [5.74, 6) is 0.399. The zero-order valence-electron chi connectivity index (χ0n) is 21.1. The third kappa shape index (κ3) is 3.39. The topological polar surface area (TPSA) is 121 Å². The highest BCUT2D eigenvalue weighted by Crippen LogP contribution is 2.45. The summed E-state index contributed by atoms with van der Waals surface area (Å²) in [5.41, 5.74) is 2.02. The van der Waals surface area contributed by atoms with Crippen molar-refractivity contribution in [2.75, 3.05) is 0 Å². The second-order valence-electron chi connectivity index (χ2n) is 10.2. The summed E-state index contributed by atoms with van der Waals surface area (Å²) in [6.07, 6.45) is 0. The van der Waals surface area contributed by atoms with E-state index in [-0.39, 0.29) is 39.1 Å². The first-order valence-corrected chi connectivity index (χ1v) is 12.8. The second-order valence-corrected chi connectivity index (χ2v) is 10.2. The minimum Gasteiger partial charge on any atom is -0.508 e. The van der Waals surface area contributed by atoms with Crippen LogP contribution in [0.4, 0.5) is 0 Å². The van der Waals surface area contributed by atoms with E-state index in [1.165, 1.54) is 30.3 Å². The van der Waals surface area contributed by atoms with E-state index in [9.17, 15) is 24.9 Å². The van der Waals surface area contributed by atoms with Crippen molar-refractivity contribution in [1.29, 1.82) is 0 Å². The number of fused-ring (bicyclic) bond motifs is 7. The SMILES string of the molecule is O=c1ccc2c(-c3cc(O)cc4oc5c(ccc6cc(O)ccc65)c(=O)c34)c3cc4ccc(O)cc4cc3oc-2c1. The van der Waals surface area contributed by atoms with Gasteiger partial charge in [0.05, 0.1) is 10.8 Å². The average molecular weight is 539 g/mol. The van der Waals surface area contributed by atoms with Crippen molar-refractivity contribution < 1.29 is 24.2 Å². The van der Waals surface area contributed by atoms with Gasteiger partial charge in [-0.3, -0.25) is 9.59 Å². The Morgan fingerprint density at radius 3 is 2.12 bits per heavy atom.